The van der Waals surface area contributed by atoms with Gasteiger partial charge in [0.2, 0.25) is 0 Å². The second-order valence-corrected chi connectivity index (χ2v) is 3.95. The molecule has 0 heterocycles. The summed E-state index contributed by atoms with van der Waals surface area (Å²) in [6.07, 6.45) is 2.41. The molecule has 0 aliphatic heterocycles. The normalized spacial score (nSPS) is 17.6. The van der Waals surface area contributed by atoms with Crippen molar-refractivity contribution in [3.8, 4) is 0 Å². The summed E-state index contributed by atoms with van der Waals surface area (Å²) in [5, 5.41) is 0. The van der Waals surface area contributed by atoms with Crippen LogP contribution in [-0.2, 0) is 9.53 Å². The van der Waals surface area contributed by atoms with E-state index >= 15 is 0 Å². The van der Waals surface area contributed by atoms with Crippen molar-refractivity contribution in [2.24, 2.45) is 11.1 Å². The second kappa shape index (κ2) is 5.22. The minimum absolute atomic E-state index is 0.0200. The number of carbonyl (C=O) groups is 1. The molecule has 0 amide bonds. The van der Waals surface area contributed by atoms with Gasteiger partial charge in [-0.15, -0.1) is 0 Å². The van der Waals surface area contributed by atoms with Gasteiger partial charge in [0.1, 0.15) is 0 Å². The van der Waals surface area contributed by atoms with E-state index in [4.69, 9.17) is 5.73 Å². The fourth-order valence-corrected chi connectivity index (χ4v) is 1.45. The molecule has 0 aromatic heterocycles. The standard InChI is InChI=1S/C10H21NO2/c1-5-6-10(3,8(2)11)7-9(12)13-4/h8H,5-7,11H2,1-4H3. The van der Waals surface area contributed by atoms with Crippen LogP contribution in [0, 0.1) is 5.41 Å². The molecule has 0 saturated heterocycles. The molecule has 0 aliphatic rings. The highest BCUT2D eigenvalue weighted by molar-refractivity contribution is 5.70. The van der Waals surface area contributed by atoms with Crippen LogP contribution in [0.25, 0.3) is 0 Å². The van der Waals surface area contributed by atoms with Gasteiger partial charge in [-0.2, -0.15) is 0 Å². The first-order valence-electron chi connectivity index (χ1n) is 4.78. The van der Waals surface area contributed by atoms with Crippen LogP contribution in [0.15, 0.2) is 0 Å². The molecule has 0 saturated carbocycles. The summed E-state index contributed by atoms with van der Waals surface area (Å²) in [6.45, 7) is 6.08. The molecule has 0 aliphatic carbocycles. The third-order valence-corrected chi connectivity index (χ3v) is 2.70. The zero-order chi connectivity index (χ0) is 10.5. The second-order valence-electron chi connectivity index (χ2n) is 3.95. The number of esters is 1. The molecular formula is C10H21NO2. The molecule has 0 aromatic carbocycles. The van der Waals surface area contributed by atoms with E-state index in [0.717, 1.165) is 12.8 Å². The average molecular weight is 187 g/mol. The Bertz CT molecular complexity index is 168. The van der Waals surface area contributed by atoms with Crippen LogP contribution in [0.2, 0.25) is 0 Å². The van der Waals surface area contributed by atoms with Gasteiger partial charge in [-0.1, -0.05) is 20.3 Å². The lowest BCUT2D eigenvalue weighted by molar-refractivity contribution is -0.143. The molecule has 2 atom stereocenters. The summed E-state index contributed by atoms with van der Waals surface area (Å²) >= 11 is 0. The van der Waals surface area contributed by atoms with Crippen molar-refractivity contribution in [2.75, 3.05) is 7.11 Å². The first-order chi connectivity index (χ1) is 5.96. The largest absolute Gasteiger partial charge is 0.469 e. The third-order valence-electron chi connectivity index (χ3n) is 2.70. The van der Waals surface area contributed by atoms with Crippen LogP contribution in [0.5, 0.6) is 0 Å². The highest BCUT2D eigenvalue weighted by atomic mass is 16.5. The van der Waals surface area contributed by atoms with Crippen molar-refractivity contribution in [3.05, 3.63) is 0 Å². The van der Waals surface area contributed by atoms with Gasteiger partial charge in [0.25, 0.3) is 0 Å². The number of methoxy groups -OCH3 is 1. The van der Waals surface area contributed by atoms with Crippen molar-refractivity contribution in [3.63, 3.8) is 0 Å². The predicted molar refractivity (Wildman–Crippen MR) is 53.3 cm³/mol. The van der Waals surface area contributed by atoms with E-state index in [9.17, 15) is 4.79 Å². The Morgan fingerprint density at radius 2 is 2.15 bits per heavy atom. The first kappa shape index (κ1) is 12.4. The van der Waals surface area contributed by atoms with Crippen molar-refractivity contribution in [2.45, 2.75) is 46.1 Å². The van der Waals surface area contributed by atoms with E-state index in [1.54, 1.807) is 0 Å². The first-order valence-corrected chi connectivity index (χ1v) is 4.78. The summed E-state index contributed by atoms with van der Waals surface area (Å²) < 4.78 is 4.65. The van der Waals surface area contributed by atoms with E-state index in [1.165, 1.54) is 7.11 Å². The van der Waals surface area contributed by atoms with Crippen molar-refractivity contribution >= 4 is 5.97 Å². The molecule has 0 bridgehead atoms. The fourth-order valence-electron chi connectivity index (χ4n) is 1.45. The van der Waals surface area contributed by atoms with Crippen molar-refractivity contribution in [1.29, 1.82) is 0 Å². The number of hydrogen-bond donors (Lipinski definition) is 1. The van der Waals surface area contributed by atoms with Gasteiger partial charge in [0.05, 0.1) is 13.5 Å². The van der Waals surface area contributed by atoms with Crippen molar-refractivity contribution in [1.82, 2.24) is 0 Å². The van der Waals surface area contributed by atoms with Gasteiger partial charge in [-0.25, -0.2) is 0 Å². The molecule has 3 heteroatoms. The molecule has 0 aromatic rings. The Hall–Kier alpha value is -0.570. The summed E-state index contributed by atoms with van der Waals surface area (Å²) in [6, 6.07) is 0.0200. The van der Waals surface area contributed by atoms with E-state index in [1.807, 2.05) is 13.8 Å². The van der Waals surface area contributed by atoms with Gasteiger partial charge in [-0.3, -0.25) is 4.79 Å². The maximum Gasteiger partial charge on any atom is 0.306 e. The highest BCUT2D eigenvalue weighted by Crippen LogP contribution is 2.30. The van der Waals surface area contributed by atoms with E-state index in [2.05, 4.69) is 11.7 Å². The number of ether oxygens (including phenoxy) is 1. The zero-order valence-electron chi connectivity index (χ0n) is 9.09. The van der Waals surface area contributed by atoms with Crippen LogP contribution >= 0.6 is 0 Å². The van der Waals surface area contributed by atoms with Gasteiger partial charge in [0, 0.05) is 6.04 Å². The lowest BCUT2D eigenvalue weighted by Gasteiger charge is -2.32. The summed E-state index contributed by atoms with van der Waals surface area (Å²) in [4.78, 5) is 11.1. The Kier molecular flexibility index (Phi) is 4.99. The molecule has 0 spiro atoms. The average Bonchev–Trinajstić information content (AvgIpc) is 2.04. The van der Waals surface area contributed by atoms with Crippen LogP contribution in [0.3, 0.4) is 0 Å². The molecule has 78 valence electrons. The number of hydrogen-bond acceptors (Lipinski definition) is 3. The SMILES string of the molecule is CCCC(C)(CC(=O)OC)C(C)N. The van der Waals surface area contributed by atoms with E-state index in [-0.39, 0.29) is 17.4 Å². The molecule has 0 radical (unpaired) electrons. The van der Waals surface area contributed by atoms with E-state index < -0.39 is 0 Å². The number of rotatable bonds is 5. The lowest BCUT2D eigenvalue weighted by Crippen LogP contribution is -2.39. The van der Waals surface area contributed by atoms with E-state index in [0.29, 0.717) is 6.42 Å². The van der Waals surface area contributed by atoms with Crippen LogP contribution in [-0.4, -0.2) is 19.1 Å². The molecule has 2 unspecified atom stereocenters. The Morgan fingerprint density at radius 3 is 2.46 bits per heavy atom. The van der Waals surface area contributed by atoms with Gasteiger partial charge in [-0.05, 0) is 18.8 Å². The van der Waals surface area contributed by atoms with Crippen LogP contribution in [0.1, 0.15) is 40.0 Å². The van der Waals surface area contributed by atoms with Crippen LogP contribution < -0.4 is 5.73 Å². The predicted octanol–water partition coefficient (Wildman–Crippen LogP) is 1.70. The van der Waals surface area contributed by atoms with Gasteiger partial charge >= 0.3 is 5.97 Å². The Labute approximate surface area is 80.6 Å². The lowest BCUT2D eigenvalue weighted by atomic mass is 9.77. The number of carbonyl (C=O) groups excluding carboxylic acids is 1. The summed E-state index contributed by atoms with van der Waals surface area (Å²) in [7, 11) is 1.41. The summed E-state index contributed by atoms with van der Waals surface area (Å²) in [5.41, 5.74) is 5.73. The summed E-state index contributed by atoms with van der Waals surface area (Å²) in [5.74, 6) is -0.173. The Balaban J connectivity index is 4.31. The maximum absolute atomic E-state index is 11.1. The molecular weight excluding hydrogens is 166 g/mol. The monoisotopic (exact) mass is 187 g/mol. The molecule has 13 heavy (non-hydrogen) atoms. The fraction of sp³-hybridized carbons (Fsp3) is 0.900. The molecule has 0 rings (SSSR count). The molecule has 2 N–H and O–H groups in total. The van der Waals surface area contributed by atoms with Crippen LogP contribution in [0.4, 0.5) is 0 Å². The minimum atomic E-state index is -0.173. The Morgan fingerprint density at radius 1 is 1.62 bits per heavy atom. The van der Waals surface area contributed by atoms with Crippen molar-refractivity contribution < 1.29 is 9.53 Å². The van der Waals surface area contributed by atoms with Gasteiger partial charge < -0.3 is 10.5 Å². The smallest absolute Gasteiger partial charge is 0.306 e. The molecule has 3 nitrogen and oxygen atoms in total. The highest BCUT2D eigenvalue weighted by Gasteiger charge is 2.30. The third kappa shape index (κ3) is 3.77. The zero-order valence-corrected chi connectivity index (χ0v) is 9.09. The minimum Gasteiger partial charge on any atom is -0.469 e. The topological polar surface area (TPSA) is 52.3 Å². The number of nitrogens with two attached hydrogens (primary N) is 1. The maximum atomic E-state index is 11.1. The molecule has 0 fully saturated rings. The van der Waals surface area contributed by atoms with Gasteiger partial charge in [0.15, 0.2) is 0 Å². The quantitative estimate of drug-likeness (QED) is 0.666.